The number of ether oxygens (including phenoxy) is 1. The quantitative estimate of drug-likeness (QED) is 0.363. The number of fused-ring (bicyclic) bond motifs is 1. The summed E-state index contributed by atoms with van der Waals surface area (Å²) in [5.41, 5.74) is 4.73. The second-order valence-corrected chi connectivity index (χ2v) is 11.2. The summed E-state index contributed by atoms with van der Waals surface area (Å²) in [7, 11) is 1.47. The second kappa shape index (κ2) is 10.3. The summed E-state index contributed by atoms with van der Waals surface area (Å²) in [6.45, 7) is 10.6. The van der Waals surface area contributed by atoms with Crippen molar-refractivity contribution in [1.82, 2.24) is 24.8 Å². The summed E-state index contributed by atoms with van der Waals surface area (Å²) in [5.74, 6) is 0.718. The van der Waals surface area contributed by atoms with Crippen LogP contribution in [0.5, 0.6) is 5.75 Å². The van der Waals surface area contributed by atoms with E-state index in [2.05, 4.69) is 42.0 Å². The van der Waals surface area contributed by atoms with Gasteiger partial charge in [0.2, 0.25) is 0 Å². The Labute approximate surface area is 233 Å². The maximum Gasteiger partial charge on any atom is 0.355 e. The van der Waals surface area contributed by atoms with Crippen molar-refractivity contribution in [2.45, 2.75) is 58.4 Å². The highest BCUT2D eigenvalue weighted by Gasteiger charge is 2.32. The number of piperazine rings is 1. The Balaban J connectivity index is 1.75. The number of hydrogen-bond acceptors (Lipinski definition) is 7. The van der Waals surface area contributed by atoms with E-state index in [-0.39, 0.29) is 17.7 Å². The molecule has 1 aliphatic heterocycles. The van der Waals surface area contributed by atoms with E-state index < -0.39 is 11.5 Å². The first-order valence-electron chi connectivity index (χ1n) is 14.0. The number of anilines is 1. The largest absolute Gasteiger partial charge is 0.493 e. The molecule has 208 valence electrons. The van der Waals surface area contributed by atoms with Gasteiger partial charge in [0.15, 0.2) is 17.2 Å². The molecule has 2 aliphatic rings. The molecule has 1 N–H and O–H groups in total. The van der Waals surface area contributed by atoms with E-state index in [9.17, 15) is 9.18 Å². The van der Waals surface area contributed by atoms with Crippen molar-refractivity contribution in [2.75, 3.05) is 31.6 Å². The maximum absolute atomic E-state index is 14.9. The average molecular weight is 543 g/mol. The molecule has 3 aromatic heterocycles. The highest BCUT2D eigenvalue weighted by Crippen LogP contribution is 2.47. The van der Waals surface area contributed by atoms with Crippen LogP contribution in [0.25, 0.3) is 28.0 Å². The number of para-hydroxylation sites is 1. The third-order valence-corrected chi connectivity index (χ3v) is 8.02. The molecule has 1 atom stereocenters. The highest BCUT2D eigenvalue weighted by molar-refractivity contribution is 5.92. The Morgan fingerprint density at radius 1 is 1.18 bits per heavy atom. The summed E-state index contributed by atoms with van der Waals surface area (Å²) in [4.78, 5) is 30.8. The van der Waals surface area contributed by atoms with E-state index in [1.165, 1.54) is 13.2 Å². The Hall–Kier alpha value is -3.85. The van der Waals surface area contributed by atoms with Crippen molar-refractivity contribution >= 4 is 16.9 Å². The number of benzene rings is 1. The molecule has 40 heavy (non-hydrogen) atoms. The third-order valence-electron chi connectivity index (χ3n) is 8.02. The van der Waals surface area contributed by atoms with Gasteiger partial charge in [-0.05, 0) is 73.9 Å². The predicted molar refractivity (Wildman–Crippen MR) is 155 cm³/mol. The Morgan fingerprint density at radius 2 is 1.98 bits per heavy atom. The van der Waals surface area contributed by atoms with Crippen LogP contribution in [0.15, 0.2) is 41.3 Å². The second-order valence-electron chi connectivity index (χ2n) is 11.2. The molecule has 1 aromatic carbocycles. The molecule has 1 aliphatic carbocycles. The van der Waals surface area contributed by atoms with Gasteiger partial charge in [-0.3, -0.25) is 4.98 Å². The van der Waals surface area contributed by atoms with Crippen molar-refractivity contribution in [3.05, 3.63) is 69.7 Å². The molecule has 0 unspecified atom stereocenters. The van der Waals surface area contributed by atoms with Gasteiger partial charge in [0.25, 0.3) is 0 Å². The number of hydrogen-bond donors (Lipinski definition) is 1. The van der Waals surface area contributed by atoms with Gasteiger partial charge in [-0.15, -0.1) is 0 Å². The van der Waals surface area contributed by atoms with Gasteiger partial charge in [0.1, 0.15) is 5.82 Å². The van der Waals surface area contributed by atoms with Crippen LogP contribution in [0.3, 0.4) is 0 Å². The van der Waals surface area contributed by atoms with Crippen molar-refractivity contribution in [1.29, 1.82) is 0 Å². The first kappa shape index (κ1) is 26.4. The number of halogens is 1. The van der Waals surface area contributed by atoms with E-state index in [4.69, 9.17) is 14.7 Å². The van der Waals surface area contributed by atoms with Gasteiger partial charge >= 0.3 is 5.69 Å². The molecule has 0 radical (unpaired) electrons. The van der Waals surface area contributed by atoms with E-state index in [1.54, 1.807) is 16.8 Å². The summed E-state index contributed by atoms with van der Waals surface area (Å²) in [6.07, 6.45) is 3.83. The van der Waals surface area contributed by atoms with Crippen molar-refractivity contribution in [2.24, 2.45) is 0 Å². The highest BCUT2D eigenvalue weighted by atomic mass is 19.1. The van der Waals surface area contributed by atoms with Gasteiger partial charge in [-0.25, -0.2) is 18.7 Å². The lowest BCUT2D eigenvalue weighted by molar-refractivity contribution is 0.388. The fraction of sp³-hybridized carbons (Fsp3) is 0.419. The SMILES string of the molecule is COc1c(F)cccc1-c1nc2c(cc1C1CC1)c(N1CCNC[C@@H]1C)nc(=O)n2-c1c(C)ccnc1C(C)C. The first-order valence-corrected chi connectivity index (χ1v) is 14.0. The molecule has 4 heterocycles. The summed E-state index contributed by atoms with van der Waals surface area (Å²) in [6, 6.07) is 9.08. The molecule has 6 rings (SSSR count). The summed E-state index contributed by atoms with van der Waals surface area (Å²) >= 11 is 0. The van der Waals surface area contributed by atoms with E-state index >= 15 is 0 Å². The van der Waals surface area contributed by atoms with Crippen molar-refractivity contribution in [3.8, 4) is 22.7 Å². The van der Waals surface area contributed by atoms with Gasteiger partial charge in [-0.2, -0.15) is 4.98 Å². The molecule has 0 spiro atoms. The number of methoxy groups -OCH3 is 1. The van der Waals surface area contributed by atoms with Gasteiger partial charge < -0.3 is 15.0 Å². The lowest BCUT2D eigenvalue weighted by atomic mass is 9.99. The van der Waals surface area contributed by atoms with Crippen molar-refractivity contribution in [3.63, 3.8) is 0 Å². The minimum Gasteiger partial charge on any atom is -0.493 e. The van der Waals surface area contributed by atoms with Gasteiger partial charge in [-0.1, -0.05) is 19.9 Å². The molecule has 2 fully saturated rings. The molecule has 0 amide bonds. The van der Waals surface area contributed by atoms with Crippen LogP contribution in [0.4, 0.5) is 10.2 Å². The third kappa shape index (κ3) is 4.42. The molecule has 1 saturated heterocycles. The van der Waals surface area contributed by atoms with E-state index in [1.807, 2.05) is 19.1 Å². The van der Waals surface area contributed by atoms with Gasteiger partial charge in [0, 0.05) is 37.4 Å². The molecule has 9 heteroatoms. The van der Waals surface area contributed by atoms with Crippen LogP contribution in [0, 0.1) is 12.7 Å². The van der Waals surface area contributed by atoms with E-state index in [0.717, 1.165) is 54.7 Å². The molecule has 4 aromatic rings. The van der Waals surface area contributed by atoms with Crippen molar-refractivity contribution < 1.29 is 9.13 Å². The number of nitrogens with one attached hydrogen (secondary N) is 1. The van der Waals surface area contributed by atoms with Crippen LogP contribution in [-0.2, 0) is 0 Å². The van der Waals surface area contributed by atoms with Crippen LogP contribution in [0.2, 0.25) is 0 Å². The lowest BCUT2D eigenvalue weighted by Gasteiger charge is -2.35. The minimum absolute atomic E-state index is 0.0678. The summed E-state index contributed by atoms with van der Waals surface area (Å²) in [5, 5.41) is 4.24. The predicted octanol–water partition coefficient (Wildman–Crippen LogP) is 5.10. The fourth-order valence-electron chi connectivity index (χ4n) is 5.83. The monoisotopic (exact) mass is 542 g/mol. The fourth-order valence-corrected chi connectivity index (χ4v) is 5.83. The molecular formula is C31H35FN6O2. The van der Waals surface area contributed by atoms with Crippen LogP contribution in [0.1, 0.15) is 62.3 Å². The molecule has 8 nitrogen and oxygen atoms in total. The topological polar surface area (TPSA) is 85.2 Å². The lowest BCUT2D eigenvalue weighted by Crippen LogP contribution is -2.50. The normalized spacial score (nSPS) is 17.6. The Bertz CT molecular complexity index is 1660. The zero-order valence-corrected chi connectivity index (χ0v) is 23.7. The van der Waals surface area contributed by atoms with Gasteiger partial charge in [0.05, 0.1) is 29.6 Å². The minimum atomic E-state index is -0.448. The van der Waals surface area contributed by atoms with E-state index in [0.29, 0.717) is 34.3 Å². The van der Waals surface area contributed by atoms with Crippen LogP contribution >= 0.6 is 0 Å². The smallest absolute Gasteiger partial charge is 0.355 e. The Morgan fingerprint density at radius 3 is 2.67 bits per heavy atom. The molecule has 1 saturated carbocycles. The average Bonchev–Trinajstić information content (AvgIpc) is 3.78. The zero-order valence-electron chi connectivity index (χ0n) is 23.7. The number of pyridine rings is 2. The molecular weight excluding hydrogens is 507 g/mol. The Kier molecular flexibility index (Phi) is 6.78. The first-order chi connectivity index (χ1) is 19.3. The zero-order chi connectivity index (χ0) is 28.1. The number of aromatic nitrogens is 4. The maximum atomic E-state index is 14.9. The molecule has 0 bridgehead atoms. The summed E-state index contributed by atoms with van der Waals surface area (Å²) < 4.78 is 22.0. The van der Waals surface area contributed by atoms with Crippen LogP contribution in [-0.4, -0.2) is 52.3 Å². The number of nitrogens with zero attached hydrogens (tertiary/aromatic N) is 5. The number of rotatable bonds is 6. The number of aryl methyl sites for hydroxylation is 1. The van der Waals surface area contributed by atoms with Crippen LogP contribution < -0.4 is 20.6 Å². The standard InChI is InChI=1S/C31H35FN6O2/c1-17(2)25-27(18(3)11-12-34-25)38-30-23(29(36-31(38)39)37-14-13-33-16-19(37)4)15-22(20-9-10-20)26(35-30)21-7-6-8-24(32)28(21)40-5/h6-8,11-12,15,17,19-20,33H,9-10,13-14,16H2,1-5H3/t19-/m0/s1.